The standard InChI is InChI=1S/C19H18F3N7S/c1-13-9-16(19(20,21)22)26-28(13)8-7-17-24-25-18(30)29(17)15-10-23-27(12-15)11-14-5-3-2-4-6-14/h2-6,9-10,12H,7-8,11H2,1H3,(H,25,30). The van der Waals surface area contributed by atoms with Crippen LogP contribution in [0.2, 0.25) is 0 Å². The van der Waals surface area contributed by atoms with Gasteiger partial charge in [-0.05, 0) is 30.8 Å². The first-order valence-electron chi connectivity index (χ1n) is 9.16. The van der Waals surface area contributed by atoms with E-state index in [0.717, 1.165) is 17.3 Å². The number of hydrogen-bond donors (Lipinski definition) is 1. The summed E-state index contributed by atoms with van der Waals surface area (Å²) in [6, 6.07) is 10.9. The molecule has 3 aromatic heterocycles. The van der Waals surface area contributed by atoms with Gasteiger partial charge in [-0.3, -0.25) is 19.0 Å². The van der Waals surface area contributed by atoms with Gasteiger partial charge in [-0.1, -0.05) is 30.3 Å². The summed E-state index contributed by atoms with van der Waals surface area (Å²) < 4.78 is 43.8. The monoisotopic (exact) mass is 433 g/mol. The summed E-state index contributed by atoms with van der Waals surface area (Å²) in [4.78, 5) is 0. The molecular weight excluding hydrogens is 415 g/mol. The minimum Gasteiger partial charge on any atom is -0.269 e. The van der Waals surface area contributed by atoms with Gasteiger partial charge in [0.05, 0.1) is 18.4 Å². The summed E-state index contributed by atoms with van der Waals surface area (Å²) in [6.45, 7) is 2.43. The highest BCUT2D eigenvalue weighted by Crippen LogP contribution is 2.28. The van der Waals surface area contributed by atoms with E-state index in [1.807, 2.05) is 36.5 Å². The molecule has 1 N–H and O–H groups in total. The van der Waals surface area contributed by atoms with Crippen LogP contribution in [-0.4, -0.2) is 34.3 Å². The Labute approximate surface area is 174 Å². The lowest BCUT2D eigenvalue weighted by Crippen LogP contribution is -2.11. The molecule has 0 aliphatic heterocycles. The van der Waals surface area contributed by atoms with Crippen LogP contribution in [0, 0.1) is 11.7 Å². The minimum atomic E-state index is -4.47. The van der Waals surface area contributed by atoms with Crippen molar-refractivity contribution < 1.29 is 13.2 Å². The number of aryl methyl sites for hydroxylation is 3. The van der Waals surface area contributed by atoms with Gasteiger partial charge in [0.1, 0.15) is 5.82 Å². The van der Waals surface area contributed by atoms with Crippen molar-refractivity contribution in [2.45, 2.75) is 32.6 Å². The van der Waals surface area contributed by atoms with Crippen molar-refractivity contribution in [3.8, 4) is 5.69 Å². The lowest BCUT2D eigenvalue weighted by molar-refractivity contribution is -0.141. The van der Waals surface area contributed by atoms with Crippen LogP contribution in [0.3, 0.4) is 0 Å². The number of hydrogen-bond acceptors (Lipinski definition) is 4. The number of aromatic nitrogens is 7. The molecule has 0 bridgehead atoms. The number of nitrogens with zero attached hydrogens (tertiary/aromatic N) is 6. The fraction of sp³-hybridized carbons (Fsp3) is 0.263. The van der Waals surface area contributed by atoms with Gasteiger partial charge in [-0.2, -0.15) is 28.5 Å². The Bertz CT molecular complexity index is 1200. The summed E-state index contributed by atoms with van der Waals surface area (Å²) in [6.07, 6.45) is -0.596. The molecule has 4 aromatic rings. The number of rotatable bonds is 6. The van der Waals surface area contributed by atoms with Crippen LogP contribution in [0.4, 0.5) is 13.2 Å². The maximum absolute atomic E-state index is 12.9. The van der Waals surface area contributed by atoms with Gasteiger partial charge in [-0.15, -0.1) is 0 Å². The summed E-state index contributed by atoms with van der Waals surface area (Å²) in [5.41, 5.74) is 1.37. The van der Waals surface area contributed by atoms with Crippen LogP contribution < -0.4 is 0 Å². The first-order chi connectivity index (χ1) is 14.3. The molecule has 0 saturated carbocycles. The summed E-state index contributed by atoms with van der Waals surface area (Å²) in [5.74, 6) is 0.586. The molecule has 30 heavy (non-hydrogen) atoms. The highest BCUT2D eigenvalue weighted by atomic mass is 32.1. The van der Waals surface area contributed by atoms with Gasteiger partial charge in [0.2, 0.25) is 0 Å². The van der Waals surface area contributed by atoms with E-state index in [9.17, 15) is 13.2 Å². The number of alkyl halides is 3. The zero-order valence-electron chi connectivity index (χ0n) is 16.0. The van der Waals surface area contributed by atoms with Crippen molar-refractivity contribution >= 4 is 12.2 Å². The van der Waals surface area contributed by atoms with Crippen molar-refractivity contribution in [1.29, 1.82) is 0 Å². The van der Waals surface area contributed by atoms with Gasteiger partial charge in [0.25, 0.3) is 0 Å². The minimum absolute atomic E-state index is 0.236. The van der Waals surface area contributed by atoms with Crippen LogP contribution in [0.1, 0.15) is 22.8 Å². The molecule has 0 fully saturated rings. The van der Waals surface area contributed by atoms with E-state index in [4.69, 9.17) is 12.2 Å². The maximum atomic E-state index is 12.9. The van der Waals surface area contributed by atoms with Gasteiger partial charge >= 0.3 is 6.18 Å². The van der Waals surface area contributed by atoms with E-state index >= 15 is 0 Å². The molecule has 0 saturated heterocycles. The second-order valence-electron chi connectivity index (χ2n) is 6.80. The van der Waals surface area contributed by atoms with Crippen molar-refractivity contribution in [2.24, 2.45) is 0 Å². The molecule has 11 heteroatoms. The van der Waals surface area contributed by atoms with E-state index in [2.05, 4.69) is 20.4 Å². The molecule has 0 spiro atoms. The van der Waals surface area contributed by atoms with E-state index in [-0.39, 0.29) is 6.54 Å². The summed E-state index contributed by atoms with van der Waals surface area (Å²) in [5, 5.41) is 15.0. The number of benzene rings is 1. The fourth-order valence-electron chi connectivity index (χ4n) is 3.17. The number of aromatic amines is 1. The zero-order chi connectivity index (χ0) is 21.3. The number of nitrogens with one attached hydrogen (secondary N) is 1. The molecule has 0 unspecified atom stereocenters. The third kappa shape index (κ3) is 4.20. The second kappa shape index (κ2) is 7.90. The predicted molar refractivity (Wildman–Crippen MR) is 106 cm³/mol. The molecular formula is C19H18F3N7S. The second-order valence-corrected chi connectivity index (χ2v) is 7.19. The predicted octanol–water partition coefficient (Wildman–Crippen LogP) is 3.94. The average molecular weight is 433 g/mol. The van der Waals surface area contributed by atoms with Crippen LogP contribution in [0.15, 0.2) is 48.8 Å². The van der Waals surface area contributed by atoms with Crippen LogP contribution in [0.25, 0.3) is 5.69 Å². The molecule has 3 heterocycles. The summed E-state index contributed by atoms with van der Waals surface area (Å²) >= 11 is 5.34. The third-order valence-corrected chi connectivity index (χ3v) is 4.90. The Morgan fingerprint density at radius 3 is 2.63 bits per heavy atom. The molecule has 156 valence electrons. The Morgan fingerprint density at radius 2 is 1.93 bits per heavy atom. The summed E-state index contributed by atoms with van der Waals surface area (Å²) in [7, 11) is 0. The largest absolute Gasteiger partial charge is 0.435 e. The first-order valence-corrected chi connectivity index (χ1v) is 9.57. The molecule has 0 aliphatic carbocycles. The maximum Gasteiger partial charge on any atom is 0.435 e. The molecule has 1 aromatic carbocycles. The molecule has 7 nitrogen and oxygen atoms in total. The van der Waals surface area contributed by atoms with Gasteiger partial charge in [-0.25, -0.2) is 0 Å². The molecule has 0 aliphatic rings. The van der Waals surface area contributed by atoms with Crippen LogP contribution in [-0.2, 0) is 25.7 Å². The van der Waals surface area contributed by atoms with Crippen molar-refractivity contribution in [3.05, 3.63) is 76.3 Å². The smallest absolute Gasteiger partial charge is 0.269 e. The quantitative estimate of drug-likeness (QED) is 0.468. The Morgan fingerprint density at radius 1 is 1.17 bits per heavy atom. The highest BCUT2D eigenvalue weighted by Gasteiger charge is 2.34. The van der Waals surface area contributed by atoms with E-state index in [1.54, 1.807) is 22.4 Å². The fourth-order valence-corrected chi connectivity index (χ4v) is 3.43. The van der Waals surface area contributed by atoms with Crippen molar-refractivity contribution in [2.75, 3.05) is 0 Å². The van der Waals surface area contributed by atoms with Crippen LogP contribution in [0.5, 0.6) is 0 Å². The molecule has 4 rings (SSSR count). The van der Waals surface area contributed by atoms with E-state index in [0.29, 0.717) is 29.3 Å². The van der Waals surface area contributed by atoms with Crippen molar-refractivity contribution in [1.82, 2.24) is 34.3 Å². The molecule has 0 radical (unpaired) electrons. The lowest BCUT2D eigenvalue weighted by atomic mass is 10.2. The average Bonchev–Trinajstić information content (AvgIpc) is 3.39. The van der Waals surface area contributed by atoms with Gasteiger partial charge in [0, 0.05) is 24.9 Å². The Kier molecular flexibility index (Phi) is 5.29. The van der Waals surface area contributed by atoms with Gasteiger partial charge in [0.15, 0.2) is 10.5 Å². The van der Waals surface area contributed by atoms with Crippen LogP contribution >= 0.6 is 12.2 Å². The first kappa shape index (κ1) is 20.1. The molecule has 0 amide bonds. The Hall–Kier alpha value is -3.21. The lowest BCUT2D eigenvalue weighted by Gasteiger charge is -2.06. The SMILES string of the molecule is Cc1cc(C(F)(F)F)nn1CCc1n[nH]c(=S)n1-c1cnn(Cc2ccccc2)c1. The topological polar surface area (TPSA) is 69.2 Å². The number of H-pyrrole nitrogens is 1. The van der Waals surface area contributed by atoms with Crippen molar-refractivity contribution in [3.63, 3.8) is 0 Å². The van der Waals surface area contributed by atoms with Gasteiger partial charge < -0.3 is 0 Å². The zero-order valence-corrected chi connectivity index (χ0v) is 16.8. The number of halogens is 3. The normalized spacial score (nSPS) is 11.9. The third-order valence-electron chi connectivity index (χ3n) is 4.63. The molecule has 0 atom stereocenters. The highest BCUT2D eigenvalue weighted by molar-refractivity contribution is 7.71. The Balaban J connectivity index is 1.53. The van der Waals surface area contributed by atoms with E-state index < -0.39 is 11.9 Å². The van der Waals surface area contributed by atoms with E-state index in [1.165, 1.54) is 4.68 Å².